The maximum absolute atomic E-state index is 13.5. The lowest BCUT2D eigenvalue weighted by Crippen LogP contribution is -2.26. The standard InChI is InChI=1S/C17H15FN2O5/c1-25-17(22)13-8-12(9-14(10-13)20(23)24)16(21)19-7-6-11-4-2-3-5-15(11)18/h2-5,8-10H,6-7H2,1H3,(H,19,21). The molecular weight excluding hydrogens is 331 g/mol. The molecule has 8 heteroatoms. The van der Waals surface area contributed by atoms with Crippen LogP contribution >= 0.6 is 0 Å². The van der Waals surface area contributed by atoms with Gasteiger partial charge >= 0.3 is 5.97 Å². The Balaban J connectivity index is 2.12. The van der Waals surface area contributed by atoms with Gasteiger partial charge in [-0.15, -0.1) is 0 Å². The molecule has 0 saturated carbocycles. The number of carbonyl (C=O) groups is 2. The second-order valence-corrected chi connectivity index (χ2v) is 5.11. The lowest BCUT2D eigenvalue weighted by Gasteiger charge is -2.07. The molecule has 2 aromatic rings. The second-order valence-electron chi connectivity index (χ2n) is 5.11. The van der Waals surface area contributed by atoms with Crippen LogP contribution in [0, 0.1) is 15.9 Å². The summed E-state index contributed by atoms with van der Waals surface area (Å²) in [6.07, 6.45) is 0.261. The van der Waals surface area contributed by atoms with Gasteiger partial charge in [0.2, 0.25) is 0 Å². The van der Waals surface area contributed by atoms with Crippen molar-refractivity contribution in [1.29, 1.82) is 0 Å². The minimum atomic E-state index is -0.788. The quantitative estimate of drug-likeness (QED) is 0.492. The number of nitro groups is 1. The van der Waals surface area contributed by atoms with Gasteiger partial charge in [-0.05, 0) is 24.1 Å². The number of rotatable bonds is 6. The zero-order valence-corrected chi connectivity index (χ0v) is 13.3. The van der Waals surface area contributed by atoms with Crippen LogP contribution < -0.4 is 5.32 Å². The number of ether oxygens (including phenoxy) is 1. The van der Waals surface area contributed by atoms with Gasteiger partial charge in [0.15, 0.2) is 0 Å². The molecule has 2 aromatic carbocycles. The molecule has 0 unspecified atom stereocenters. The fraction of sp³-hybridized carbons (Fsp3) is 0.176. The maximum Gasteiger partial charge on any atom is 0.338 e. The fourth-order valence-electron chi connectivity index (χ4n) is 2.20. The third-order valence-electron chi connectivity index (χ3n) is 3.45. The van der Waals surface area contributed by atoms with Crippen molar-refractivity contribution in [3.63, 3.8) is 0 Å². The number of methoxy groups -OCH3 is 1. The minimum absolute atomic E-state index is 0.0527. The molecule has 0 atom stereocenters. The molecule has 0 heterocycles. The van der Waals surface area contributed by atoms with Crippen molar-refractivity contribution in [2.24, 2.45) is 0 Å². The Bertz CT molecular complexity index is 822. The van der Waals surface area contributed by atoms with Crippen LogP contribution in [0.4, 0.5) is 10.1 Å². The van der Waals surface area contributed by atoms with Gasteiger partial charge in [0.25, 0.3) is 11.6 Å². The molecular formula is C17H15FN2O5. The Morgan fingerprint density at radius 2 is 1.88 bits per heavy atom. The summed E-state index contributed by atoms with van der Waals surface area (Å²) in [6.45, 7) is 0.135. The van der Waals surface area contributed by atoms with Gasteiger partial charge in [0.05, 0.1) is 17.6 Å². The van der Waals surface area contributed by atoms with Gasteiger partial charge < -0.3 is 10.1 Å². The van der Waals surface area contributed by atoms with E-state index in [1.807, 2.05) is 0 Å². The molecule has 0 aliphatic rings. The number of hydrogen-bond donors (Lipinski definition) is 1. The first kappa shape index (κ1) is 18.1. The Morgan fingerprint density at radius 3 is 2.52 bits per heavy atom. The predicted octanol–water partition coefficient (Wildman–Crippen LogP) is 2.49. The third kappa shape index (κ3) is 4.60. The SMILES string of the molecule is COC(=O)c1cc(C(=O)NCCc2ccccc2F)cc([N+](=O)[O-])c1. The van der Waals surface area contributed by atoms with Crippen molar-refractivity contribution < 1.29 is 23.6 Å². The summed E-state index contributed by atoms with van der Waals surface area (Å²) in [4.78, 5) is 34.0. The molecule has 0 saturated heterocycles. The lowest BCUT2D eigenvalue weighted by molar-refractivity contribution is -0.384. The summed E-state index contributed by atoms with van der Waals surface area (Å²) >= 11 is 0. The molecule has 1 amide bonds. The molecule has 0 spiro atoms. The molecule has 1 N–H and O–H groups in total. The molecule has 2 rings (SSSR count). The van der Waals surface area contributed by atoms with E-state index in [2.05, 4.69) is 10.1 Å². The second kappa shape index (κ2) is 8.00. The number of benzene rings is 2. The number of nitro benzene ring substituents is 1. The number of amides is 1. The van der Waals surface area contributed by atoms with Crippen LogP contribution in [0.3, 0.4) is 0 Å². The molecule has 130 valence electrons. The van der Waals surface area contributed by atoms with Gasteiger partial charge in [-0.25, -0.2) is 9.18 Å². The number of non-ortho nitro benzene ring substituents is 1. The van der Waals surface area contributed by atoms with E-state index in [0.29, 0.717) is 5.56 Å². The average molecular weight is 346 g/mol. The van der Waals surface area contributed by atoms with E-state index in [0.717, 1.165) is 19.2 Å². The van der Waals surface area contributed by atoms with Crippen LogP contribution in [0.15, 0.2) is 42.5 Å². The fourth-order valence-corrected chi connectivity index (χ4v) is 2.20. The van der Waals surface area contributed by atoms with Gasteiger partial charge in [-0.3, -0.25) is 14.9 Å². The highest BCUT2D eigenvalue weighted by Gasteiger charge is 2.18. The topological polar surface area (TPSA) is 98.5 Å². The van der Waals surface area contributed by atoms with E-state index in [-0.39, 0.29) is 29.9 Å². The average Bonchev–Trinajstić information content (AvgIpc) is 2.62. The molecule has 0 aromatic heterocycles. The summed E-state index contributed by atoms with van der Waals surface area (Å²) in [6, 6.07) is 9.47. The number of hydrogen-bond acceptors (Lipinski definition) is 5. The van der Waals surface area contributed by atoms with Crippen LogP contribution in [-0.4, -0.2) is 30.5 Å². The number of nitrogens with zero attached hydrogens (tertiary/aromatic N) is 1. The highest BCUT2D eigenvalue weighted by Crippen LogP contribution is 2.18. The summed E-state index contributed by atoms with van der Waals surface area (Å²) < 4.78 is 18.0. The van der Waals surface area contributed by atoms with E-state index in [4.69, 9.17) is 0 Å². The predicted molar refractivity (Wildman–Crippen MR) is 86.9 cm³/mol. The van der Waals surface area contributed by atoms with Gasteiger partial charge in [0.1, 0.15) is 5.82 Å². The van der Waals surface area contributed by atoms with Crippen molar-refractivity contribution >= 4 is 17.6 Å². The zero-order valence-electron chi connectivity index (χ0n) is 13.3. The van der Waals surface area contributed by atoms with Crippen LogP contribution in [0.25, 0.3) is 0 Å². The van der Waals surface area contributed by atoms with Crippen molar-refractivity contribution in [1.82, 2.24) is 5.32 Å². The van der Waals surface area contributed by atoms with E-state index in [9.17, 15) is 24.1 Å². The first-order valence-corrected chi connectivity index (χ1v) is 7.31. The van der Waals surface area contributed by atoms with Crippen molar-refractivity contribution in [2.45, 2.75) is 6.42 Å². The van der Waals surface area contributed by atoms with Crippen LogP contribution in [0.2, 0.25) is 0 Å². The van der Waals surface area contributed by atoms with Crippen molar-refractivity contribution in [2.75, 3.05) is 13.7 Å². The smallest absolute Gasteiger partial charge is 0.338 e. The molecule has 0 fully saturated rings. The lowest BCUT2D eigenvalue weighted by atomic mass is 10.1. The molecule has 0 radical (unpaired) electrons. The highest BCUT2D eigenvalue weighted by molar-refractivity contribution is 5.98. The Labute approximate surface area is 142 Å². The Kier molecular flexibility index (Phi) is 5.78. The van der Waals surface area contributed by atoms with E-state index >= 15 is 0 Å². The first-order valence-electron chi connectivity index (χ1n) is 7.31. The minimum Gasteiger partial charge on any atom is -0.465 e. The number of halogens is 1. The summed E-state index contributed by atoms with van der Waals surface area (Å²) in [5.41, 5.74) is -0.113. The van der Waals surface area contributed by atoms with E-state index in [1.54, 1.807) is 18.2 Å². The highest BCUT2D eigenvalue weighted by atomic mass is 19.1. The van der Waals surface area contributed by atoms with Crippen molar-refractivity contribution in [3.05, 3.63) is 75.1 Å². The van der Waals surface area contributed by atoms with Gasteiger partial charge in [-0.2, -0.15) is 0 Å². The normalized spacial score (nSPS) is 10.2. The van der Waals surface area contributed by atoms with Crippen molar-refractivity contribution in [3.8, 4) is 0 Å². The van der Waals surface area contributed by atoms with Gasteiger partial charge in [0, 0.05) is 24.2 Å². The number of carbonyl (C=O) groups excluding carboxylic acids is 2. The Morgan fingerprint density at radius 1 is 1.20 bits per heavy atom. The van der Waals surface area contributed by atoms with Crippen LogP contribution in [0.1, 0.15) is 26.3 Å². The monoisotopic (exact) mass is 346 g/mol. The largest absolute Gasteiger partial charge is 0.465 e. The molecule has 25 heavy (non-hydrogen) atoms. The first-order chi connectivity index (χ1) is 11.9. The summed E-state index contributed by atoms with van der Waals surface area (Å²) in [5, 5.41) is 13.5. The third-order valence-corrected chi connectivity index (χ3v) is 3.45. The van der Waals surface area contributed by atoms with E-state index < -0.39 is 22.5 Å². The van der Waals surface area contributed by atoms with E-state index in [1.165, 1.54) is 12.1 Å². The summed E-state index contributed by atoms with van der Waals surface area (Å²) in [7, 11) is 1.13. The Hall–Kier alpha value is -3.29. The van der Waals surface area contributed by atoms with Crippen LogP contribution in [0.5, 0.6) is 0 Å². The zero-order chi connectivity index (χ0) is 18.4. The number of nitrogens with one attached hydrogen (secondary N) is 1. The molecule has 0 aliphatic carbocycles. The molecule has 7 nitrogen and oxygen atoms in total. The summed E-state index contributed by atoms with van der Waals surface area (Å²) in [5.74, 6) is -1.77. The maximum atomic E-state index is 13.5. The van der Waals surface area contributed by atoms with Gasteiger partial charge in [-0.1, -0.05) is 18.2 Å². The molecule has 0 aliphatic heterocycles. The number of esters is 1. The molecule has 0 bridgehead atoms. The van der Waals surface area contributed by atoms with Crippen LogP contribution in [-0.2, 0) is 11.2 Å².